The fourth-order valence-corrected chi connectivity index (χ4v) is 5.23. The van der Waals surface area contributed by atoms with E-state index in [1.54, 1.807) is 0 Å². The van der Waals surface area contributed by atoms with E-state index in [1.165, 1.54) is 10.5 Å². The number of halogens is 1. The summed E-state index contributed by atoms with van der Waals surface area (Å²) in [7, 11) is -1.21. The maximum absolute atomic E-state index is 12.6. The molecule has 166 valence electrons. The predicted molar refractivity (Wildman–Crippen MR) is 125 cm³/mol. The molecule has 5 nitrogen and oxygen atoms in total. The van der Waals surface area contributed by atoms with Gasteiger partial charge in [0.25, 0.3) is 0 Å². The van der Waals surface area contributed by atoms with E-state index in [9.17, 15) is 13.8 Å². The van der Waals surface area contributed by atoms with E-state index in [0.717, 1.165) is 42.7 Å². The second-order valence-corrected chi connectivity index (χ2v) is 9.86. The van der Waals surface area contributed by atoms with Crippen molar-refractivity contribution in [2.75, 3.05) is 13.1 Å². The monoisotopic (exact) mass is 460 g/mol. The topological polar surface area (TPSA) is 66.5 Å². The molecule has 31 heavy (non-hydrogen) atoms. The van der Waals surface area contributed by atoms with Crippen LogP contribution in [0.1, 0.15) is 43.2 Å². The molecule has 0 radical (unpaired) electrons. The third-order valence-electron chi connectivity index (χ3n) is 5.41. The van der Waals surface area contributed by atoms with Crippen LogP contribution in [-0.2, 0) is 32.6 Å². The summed E-state index contributed by atoms with van der Waals surface area (Å²) in [5.74, 6) is 0.104. The maximum atomic E-state index is 12.6. The van der Waals surface area contributed by atoms with Crippen LogP contribution in [0.3, 0.4) is 0 Å². The van der Waals surface area contributed by atoms with Gasteiger partial charge in [-0.1, -0.05) is 66.9 Å². The summed E-state index contributed by atoms with van der Waals surface area (Å²) in [6.45, 7) is 0.584. The Balaban J connectivity index is 1.28. The van der Waals surface area contributed by atoms with Crippen LogP contribution in [0.25, 0.3) is 0 Å². The number of benzene rings is 2. The number of rotatable bonds is 12. The third-order valence-corrected chi connectivity index (χ3v) is 7.31. The van der Waals surface area contributed by atoms with Gasteiger partial charge in [-0.2, -0.15) is 0 Å². The summed E-state index contributed by atoms with van der Waals surface area (Å²) in [6.07, 6.45) is 5.43. The van der Waals surface area contributed by atoms with Gasteiger partial charge in [-0.25, -0.2) is 0 Å². The molecule has 1 N–H and O–H groups in total. The molecule has 3 rings (SSSR count). The molecule has 2 amide bonds. The van der Waals surface area contributed by atoms with Crippen molar-refractivity contribution in [3.63, 3.8) is 0 Å². The van der Waals surface area contributed by atoms with Gasteiger partial charge in [-0.15, -0.1) is 0 Å². The molecule has 1 aliphatic rings. The molecule has 0 aromatic heterocycles. The van der Waals surface area contributed by atoms with Crippen molar-refractivity contribution in [1.82, 2.24) is 10.2 Å². The van der Waals surface area contributed by atoms with Crippen LogP contribution in [0.4, 0.5) is 0 Å². The Kier molecular flexibility index (Phi) is 9.10. The molecule has 2 unspecified atom stereocenters. The number of aryl methyl sites for hydroxylation is 1. The van der Waals surface area contributed by atoms with E-state index in [1.807, 2.05) is 42.5 Å². The maximum Gasteiger partial charge on any atom is 0.239 e. The molecule has 2 atom stereocenters. The summed E-state index contributed by atoms with van der Waals surface area (Å²) < 4.78 is 12.6. The second-order valence-electron chi connectivity index (χ2n) is 7.83. The van der Waals surface area contributed by atoms with E-state index < -0.39 is 10.8 Å². The molecular weight excluding hydrogens is 432 g/mol. The van der Waals surface area contributed by atoms with Crippen LogP contribution >= 0.6 is 11.6 Å². The number of nitrogens with one attached hydrogen (secondary N) is 1. The smallest absolute Gasteiger partial charge is 0.239 e. The van der Waals surface area contributed by atoms with E-state index in [2.05, 4.69) is 17.4 Å². The molecule has 0 bridgehead atoms. The number of amides is 2. The van der Waals surface area contributed by atoms with Gasteiger partial charge in [-0.05, 0) is 42.5 Å². The highest BCUT2D eigenvalue weighted by Crippen LogP contribution is 2.24. The molecule has 1 fully saturated rings. The first-order valence-electron chi connectivity index (χ1n) is 10.7. The van der Waals surface area contributed by atoms with Gasteiger partial charge >= 0.3 is 0 Å². The van der Waals surface area contributed by atoms with Gasteiger partial charge in [0.2, 0.25) is 11.8 Å². The first kappa shape index (κ1) is 23.5. The fraction of sp³-hybridized carbons (Fsp3) is 0.417. The van der Waals surface area contributed by atoms with Crippen LogP contribution < -0.4 is 5.32 Å². The normalized spacial score (nSPS) is 16.6. The van der Waals surface area contributed by atoms with E-state index in [-0.39, 0.29) is 30.2 Å². The molecule has 2 aromatic rings. The van der Waals surface area contributed by atoms with Gasteiger partial charge < -0.3 is 10.2 Å². The third kappa shape index (κ3) is 7.47. The summed E-state index contributed by atoms with van der Waals surface area (Å²) in [4.78, 5) is 25.6. The van der Waals surface area contributed by atoms with Crippen molar-refractivity contribution < 1.29 is 13.8 Å². The summed E-state index contributed by atoms with van der Waals surface area (Å²) in [5, 5.41) is 3.27. The molecule has 0 spiro atoms. The lowest BCUT2D eigenvalue weighted by atomic mass is 10.1. The molecule has 0 saturated carbocycles. The first-order chi connectivity index (χ1) is 15.0. The number of carbonyl (C=O) groups excluding carboxylic acids is 2. The van der Waals surface area contributed by atoms with Crippen LogP contribution in [0.5, 0.6) is 0 Å². The number of unbranched alkanes of at least 4 members (excludes halogenated alkanes) is 3. The predicted octanol–water partition coefficient (Wildman–Crippen LogP) is 4.07. The Hall–Kier alpha value is -2.18. The van der Waals surface area contributed by atoms with Crippen molar-refractivity contribution >= 4 is 34.2 Å². The minimum absolute atomic E-state index is 0.0133. The van der Waals surface area contributed by atoms with Gasteiger partial charge in [0.05, 0.1) is 12.2 Å². The van der Waals surface area contributed by atoms with Crippen molar-refractivity contribution in [3.8, 4) is 0 Å². The zero-order valence-electron chi connectivity index (χ0n) is 17.6. The number of β-lactam (4-membered cyclic amide) rings is 1. The first-order valence-corrected chi connectivity index (χ1v) is 12.5. The second kappa shape index (κ2) is 12.0. The number of likely N-dealkylation sites (tertiary alicyclic amines) is 1. The lowest BCUT2D eigenvalue weighted by Gasteiger charge is -2.39. The number of hydrogen-bond donors (Lipinski definition) is 1. The summed E-state index contributed by atoms with van der Waals surface area (Å²) in [6, 6.07) is 17.5. The number of hydrogen-bond acceptors (Lipinski definition) is 3. The van der Waals surface area contributed by atoms with Crippen molar-refractivity contribution in [3.05, 3.63) is 70.7 Å². The van der Waals surface area contributed by atoms with E-state index >= 15 is 0 Å². The Bertz CT molecular complexity index is 889. The lowest BCUT2D eigenvalue weighted by molar-refractivity contribution is -0.145. The average molecular weight is 461 g/mol. The van der Waals surface area contributed by atoms with Crippen LogP contribution in [0, 0.1) is 0 Å². The van der Waals surface area contributed by atoms with Gasteiger partial charge in [0, 0.05) is 22.4 Å². The summed E-state index contributed by atoms with van der Waals surface area (Å²) in [5.41, 5.74) is 2.26. The molecule has 1 saturated heterocycles. The highest BCUT2D eigenvalue weighted by molar-refractivity contribution is 7.85. The van der Waals surface area contributed by atoms with E-state index in [0.29, 0.717) is 12.3 Å². The van der Waals surface area contributed by atoms with Gasteiger partial charge in [0.1, 0.15) is 11.9 Å². The lowest BCUT2D eigenvalue weighted by Crippen LogP contribution is -2.57. The quantitative estimate of drug-likeness (QED) is 0.383. The van der Waals surface area contributed by atoms with Crippen molar-refractivity contribution in [2.24, 2.45) is 0 Å². The van der Waals surface area contributed by atoms with Gasteiger partial charge in [0.15, 0.2) is 0 Å². The molecular formula is C24H29ClN2O3S. The Morgan fingerprint density at radius 3 is 2.42 bits per heavy atom. The Morgan fingerprint density at radius 1 is 1.00 bits per heavy atom. The zero-order chi connectivity index (χ0) is 22.1. The average Bonchev–Trinajstić information content (AvgIpc) is 2.77. The van der Waals surface area contributed by atoms with Crippen LogP contribution in [0.15, 0.2) is 54.6 Å². The molecule has 1 heterocycles. The van der Waals surface area contributed by atoms with Crippen LogP contribution in [-0.4, -0.2) is 39.4 Å². The summed E-state index contributed by atoms with van der Waals surface area (Å²) >= 11 is 5.89. The SMILES string of the molecule is O=C(CN1C(=O)CC1S(=O)Cc1ccccc1)NCCCCCCc1ccc(Cl)cc1. The molecule has 7 heteroatoms. The molecule has 2 aromatic carbocycles. The highest BCUT2D eigenvalue weighted by Gasteiger charge is 2.40. The number of nitrogens with zero attached hydrogens (tertiary/aromatic N) is 1. The van der Waals surface area contributed by atoms with Gasteiger partial charge in [-0.3, -0.25) is 13.8 Å². The fourth-order valence-electron chi connectivity index (χ4n) is 3.58. The minimum Gasteiger partial charge on any atom is -0.355 e. The van der Waals surface area contributed by atoms with E-state index in [4.69, 9.17) is 11.6 Å². The number of carbonyl (C=O) groups is 2. The minimum atomic E-state index is -1.21. The van der Waals surface area contributed by atoms with Crippen molar-refractivity contribution in [1.29, 1.82) is 0 Å². The Morgan fingerprint density at radius 2 is 1.71 bits per heavy atom. The highest BCUT2D eigenvalue weighted by atomic mass is 35.5. The standard InChI is InChI=1S/C24H29ClN2O3S/c25-21-13-11-19(12-14-21)8-4-1-2-7-15-26-22(28)17-27-23(29)16-24(27)31(30)18-20-9-5-3-6-10-20/h3,5-6,9-14,24H,1-2,4,7-8,15-18H2,(H,26,28). The Labute approximate surface area is 191 Å². The van der Waals surface area contributed by atoms with Crippen molar-refractivity contribution in [2.45, 2.75) is 49.7 Å². The molecule has 0 aliphatic carbocycles. The zero-order valence-corrected chi connectivity index (χ0v) is 19.2. The van der Waals surface area contributed by atoms with Crippen LogP contribution in [0.2, 0.25) is 5.02 Å². The molecule has 1 aliphatic heterocycles. The largest absolute Gasteiger partial charge is 0.355 e.